The van der Waals surface area contributed by atoms with Crippen LogP contribution < -0.4 is 5.32 Å². The molecule has 0 aromatic rings. The molecule has 4 atom stereocenters. The molecule has 96 valence electrons. The van der Waals surface area contributed by atoms with Gasteiger partial charge in [0.1, 0.15) is 0 Å². The predicted molar refractivity (Wildman–Crippen MR) is 67.6 cm³/mol. The first kappa shape index (κ1) is 11.5. The van der Waals surface area contributed by atoms with E-state index in [1.807, 2.05) is 7.05 Å². The molecule has 1 heterocycles. The predicted octanol–water partition coefficient (Wildman–Crippen LogP) is 1.78. The molecule has 0 spiro atoms. The van der Waals surface area contributed by atoms with Gasteiger partial charge in [0, 0.05) is 12.6 Å². The third-order valence-corrected chi connectivity index (χ3v) is 5.17. The molecule has 3 fully saturated rings. The summed E-state index contributed by atoms with van der Waals surface area (Å²) < 4.78 is 0. The van der Waals surface area contributed by atoms with Gasteiger partial charge in [-0.3, -0.25) is 4.79 Å². The van der Waals surface area contributed by atoms with Crippen LogP contribution in [-0.2, 0) is 4.79 Å². The largest absolute Gasteiger partial charge is 0.338 e. The van der Waals surface area contributed by atoms with Gasteiger partial charge in [0.15, 0.2) is 0 Å². The zero-order valence-corrected chi connectivity index (χ0v) is 10.8. The molecule has 0 aromatic carbocycles. The van der Waals surface area contributed by atoms with Crippen LogP contribution in [0.5, 0.6) is 0 Å². The van der Waals surface area contributed by atoms with E-state index in [1.165, 1.54) is 38.5 Å². The third-order valence-electron chi connectivity index (χ3n) is 5.17. The van der Waals surface area contributed by atoms with Gasteiger partial charge < -0.3 is 10.2 Å². The maximum absolute atomic E-state index is 12.5. The van der Waals surface area contributed by atoms with Crippen molar-refractivity contribution in [1.82, 2.24) is 10.2 Å². The minimum Gasteiger partial charge on any atom is -0.338 e. The molecule has 2 saturated carbocycles. The van der Waals surface area contributed by atoms with Gasteiger partial charge in [-0.05, 0) is 57.4 Å². The van der Waals surface area contributed by atoms with Crippen LogP contribution in [0, 0.1) is 11.8 Å². The number of hydrogen-bond acceptors (Lipinski definition) is 2. The molecule has 3 rings (SSSR count). The summed E-state index contributed by atoms with van der Waals surface area (Å²) in [6, 6.07) is 0.659. The minimum atomic E-state index is 0.0802. The highest BCUT2D eigenvalue weighted by Gasteiger charge is 2.44. The first-order valence-electron chi connectivity index (χ1n) is 7.27. The van der Waals surface area contributed by atoms with Crippen molar-refractivity contribution in [2.24, 2.45) is 11.8 Å². The van der Waals surface area contributed by atoms with Crippen molar-refractivity contribution >= 4 is 5.91 Å². The Morgan fingerprint density at radius 1 is 1.18 bits per heavy atom. The molecule has 3 heteroatoms. The van der Waals surface area contributed by atoms with Gasteiger partial charge in [-0.1, -0.05) is 6.42 Å². The van der Waals surface area contributed by atoms with Crippen LogP contribution in [0.3, 0.4) is 0 Å². The quantitative estimate of drug-likeness (QED) is 0.792. The number of carbonyl (C=O) groups is 1. The Morgan fingerprint density at radius 3 is 2.71 bits per heavy atom. The summed E-state index contributed by atoms with van der Waals surface area (Å²) in [5.41, 5.74) is 0. The average molecular weight is 236 g/mol. The van der Waals surface area contributed by atoms with Gasteiger partial charge in [-0.2, -0.15) is 0 Å². The summed E-state index contributed by atoms with van der Waals surface area (Å²) in [5.74, 6) is 2.12. The van der Waals surface area contributed by atoms with E-state index in [4.69, 9.17) is 0 Å². The van der Waals surface area contributed by atoms with Crippen molar-refractivity contribution in [3.63, 3.8) is 0 Å². The number of likely N-dealkylation sites (N-methyl/N-ethyl adjacent to an activating group) is 1. The molecule has 4 unspecified atom stereocenters. The van der Waals surface area contributed by atoms with Crippen LogP contribution in [0.2, 0.25) is 0 Å². The van der Waals surface area contributed by atoms with Crippen LogP contribution in [0.25, 0.3) is 0 Å². The Balaban J connectivity index is 1.74. The molecule has 1 amide bonds. The second-order valence-corrected chi connectivity index (χ2v) is 6.11. The number of hydrogen-bond donors (Lipinski definition) is 1. The number of fused-ring (bicyclic) bond motifs is 2. The first-order valence-corrected chi connectivity index (χ1v) is 7.27. The molecule has 17 heavy (non-hydrogen) atoms. The molecular weight excluding hydrogens is 212 g/mol. The first-order chi connectivity index (χ1) is 8.29. The summed E-state index contributed by atoms with van der Waals surface area (Å²) in [6.45, 7) is 1.00. The van der Waals surface area contributed by atoms with Gasteiger partial charge in [-0.15, -0.1) is 0 Å². The fourth-order valence-corrected chi connectivity index (χ4v) is 4.25. The highest BCUT2D eigenvalue weighted by atomic mass is 16.2. The van der Waals surface area contributed by atoms with Gasteiger partial charge in [0.25, 0.3) is 0 Å². The summed E-state index contributed by atoms with van der Waals surface area (Å²) in [7, 11) is 1.92. The second kappa shape index (κ2) is 4.60. The Kier molecular flexibility index (Phi) is 3.12. The Morgan fingerprint density at radius 2 is 2.06 bits per heavy atom. The lowest BCUT2D eigenvalue weighted by Gasteiger charge is -2.35. The van der Waals surface area contributed by atoms with E-state index in [9.17, 15) is 4.79 Å². The summed E-state index contributed by atoms with van der Waals surface area (Å²) in [4.78, 5) is 14.7. The number of nitrogens with zero attached hydrogens (tertiary/aromatic N) is 1. The standard InChI is InChI=1S/C14H24N2O/c1-15-12-4-2-3-7-16(14(12)17)13-9-10-5-6-11(13)8-10/h10-13,15H,2-9H2,1H3. The maximum Gasteiger partial charge on any atom is 0.239 e. The lowest BCUT2D eigenvalue weighted by molar-refractivity contribution is -0.136. The Hall–Kier alpha value is -0.570. The van der Waals surface area contributed by atoms with Crippen molar-refractivity contribution in [1.29, 1.82) is 0 Å². The summed E-state index contributed by atoms with van der Waals surface area (Å²) >= 11 is 0. The van der Waals surface area contributed by atoms with Crippen molar-refractivity contribution in [3.05, 3.63) is 0 Å². The molecule has 2 bridgehead atoms. The number of rotatable bonds is 2. The number of nitrogens with one attached hydrogen (secondary N) is 1. The molecule has 0 radical (unpaired) electrons. The van der Waals surface area contributed by atoms with E-state index in [0.29, 0.717) is 11.9 Å². The highest BCUT2D eigenvalue weighted by molar-refractivity contribution is 5.82. The van der Waals surface area contributed by atoms with Crippen molar-refractivity contribution < 1.29 is 4.79 Å². The van der Waals surface area contributed by atoms with Gasteiger partial charge in [0.2, 0.25) is 5.91 Å². The van der Waals surface area contributed by atoms with Gasteiger partial charge in [-0.25, -0.2) is 0 Å². The van der Waals surface area contributed by atoms with E-state index in [0.717, 1.165) is 24.8 Å². The monoisotopic (exact) mass is 236 g/mol. The maximum atomic E-state index is 12.5. The lowest BCUT2D eigenvalue weighted by atomic mass is 9.93. The van der Waals surface area contributed by atoms with Crippen LogP contribution in [-0.4, -0.2) is 36.5 Å². The summed E-state index contributed by atoms with van der Waals surface area (Å²) in [5, 5.41) is 3.20. The molecular formula is C14H24N2O. The molecule has 1 N–H and O–H groups in total. The smallest absolute Gasteiger partial charge is 0.239 e. The van der Waals surface area contributed by atoms with E-state index in [2.05, 4.69) is 10.2 Å². The van der Waals surface area contributed by atoms with Gasteiger partial charge in [0.05, 0.1) is 6.04 Å². The molecule has 1 saturated heterocycles. The minimum absolute atomic E-state index is 0.0802. The molecule has 2 aliphatic carbocycles. The molecule has 1 aliphatic heterocycles. The van der Waals surface area contributed by atoms with Crippen LogP contribution in [0.15, 0.2) is 0 Å². The van der Waals surface area contributed by atoms with Crippen molar-refractivity contribution in [2.75, 3.05) is 13.6 Å². The number of carbonyl (C=O) groups excluding carboxylic acids is 1. The Bertz CT molecular complexity index is 305. The average Bonchev–Trinajstić information content (AvgIpc) is 2.90. The van der Waals surface area contributed by atoms with Crippen LogP contribution in [0.4, 0.5) is 0 Å². The Labute approximate surface area is 104 Å². The normalized spacial score (nSPS) is 41.9. The fraction of sp³-hybridized carbons (Fsp3) is 0.929. The lowest BCUT2D eigenvalue weighted by Crippen LogP contribution is -2.50. The van der Waals surface area contributed by atoms with E-state index in [-0.39, 0.29) is 6.04 Å². The zero-order valence-electron chi connectivity index (χ0n) is 10.8. The zero-order chi connectivity index (χ0) is 11.8. The molecule has 3 nitrogen and oxygen atoms in total. The van der Waals surface area contributed by atoms with E-state index >= 15 is 0 Å². The molecule has 3 aliphatic rings. The summed E-state index contributed by atoms with van der Waals surface area (Å²) in [6.07, 6.45) is 8.85. The second-order valence-electron chi connectivity index (χ2n) is 6.11. The number of likely N-dealkylation sites (tertiary alicyclic amines) is 1. The van der Waals surface area contributed by atoms with Crippen molar-refractivity contribution in [2.45, 2.75) is 57.0 Å². The van der Waals surface area contributed by atoms with Crippen molar-refractivity contribution in [3.8, 4) is 0 Å². The van der Waals surface area contributed by atoms with E-state index < -0.39 is 0 Å². The topological polar surface area (TPSA) is 32.3 Å². The van der Waals surface area contributed by atoms with Gasteiger partial charge >= 0.3 is 0 Å². The van der Waals surface area contributed by atoms with Crippen LogP contribution >= 0.6 is 0 Å². The fourth-order valence-electron chi connectivity index (χ4n) is 4.25. The molecule has 0 aromatic heterocycles. The highest BCUT2D eigenvalue weighted by Crippen LogP contribution is 2.47. The SMILES string of the molecule is CNC1CCCCN(C2CC3CCC2C3)C1=O. The van der Waals surface area contributed by atoms with Crippen LogP contribution in [0.1, 0.15) is 44.9 Å². The number of amides is 1. The van der Waals surface area contributed by atoms with E-state index in [1.54, 1.807) is 0 Å². The third kappa shape index (κ3) is 1.99.